The summed E-state index contributed by atoms with van der Waals surface area (Å²) >= 11 is 0. The number of sulfone groups is 1. The van der Waals surface area contributed by atoms with Gasteiger partial charge in [-0.25, -0.2) is 8.42 Å². The van der Waals surface area contributed by atoms with E-state index in [1.54, 1.807) is 16.9 Å². The first-order valence-electron chi connectivity index (χ1n) is 6.54. The Balaban J connectivity index is 2.31. The lowest BCUT2D eigenvalue weighted by Gasteiger charge is -2.32. The smallest absolute Gasteiger partial charge is 0.151 e. The van der Waals surface area contributed by atoms with E-state index in [2.05, 4.69) is 5.10 Å². The molecule has 6 nitrogen and oxygen atoms in total. The van der Waals surface area contributed by atoms with E-state index < -0.39 is 21.4 Å². The lowest BCUT2D eigenvalue weighted by Crippen LogP contribution is -2.39. The molecule has 1 saturated heterocycles. The molecule has 0 saturated carbocycles. The summed E-state index contributed by atoms with van der Waals surface area (Å²) in [5.74, 6) is 0.0537. The molecule has 1 aromatic heterocycles. The van der Waals surface area contributed by atoms with Crippen LogP contribution in [0.3, 0.4) is 0 Å². The van der Waals surface area contributed by atoms with E-state index in [-0.39, 0.29) is 18.1 Å². The first-order chi connectivity index (χ1) is 8.94. The topological polar surface area (TPSA) is 98.2 Å². The van der Waals surface area contributed by atoms with Crippen molar-refractivity contribution in [2.45, 2.75) is 32.4 Å². The Hall–Kier alpha value is -0.920. The Morgan fingerprint density at radius 3 is 2.89 bits per heavy atom. The second kappa shape index (κ2) is 5.22. The molecule has 1 fully saturated rings. The van der Waals surface area contributed by atoms with Crippen molar-refractivity contribution in [2.24, 2.45) is 11.1 Å². The minimum absolute atomic E-state index is 0.0467. The van der Waals surface area contributed by atoms with Crippen molar-refractivity contribution in [1.82, 2.24) is 9.78 Å². The predicted molar refractivity (Wildman–Crippen MR) is 72.2 cm³/mol. The van der Waals surface area contributed by atoms with Gasteiger partial charge in [-0.1, -0.05) is 6.92 Å². The fourth-order valence-corrected chi connectivity index (χ4v) is 4.87. The fraction of sp³-hybridized carbons (Fsp3) is 0.750. The maximum absolute atomic E-state index is 11.7. The van der Waals surface area contributed by atoms with Gasteiger partial charge in [-0.05, 0) is 18.9 Å². The predicted octanol–water partition coefficient (Wildman–Crippen LogP) is 0.0901. The Morgan fingerprint density at radius 1 is 1.63 bits per heavy atom. The van der Waals surface area contributed by atoms with Crippen molar-refractivity contribution >= 4 is 9.84 Å². The summed E-state index contributed by atoms with van der Waals surface area (Å²) in [7, 11) is -3.10. The van der Waals surface area contributed by atoms with E-state index in [9.17, 15) is 13.5 Å². The normalized spacial score (nSPS) is 27.5. The molecule has 2 rings (SSSR count). The van der Waals surface area contributed by atoms with E-state index in [4.69, 9.17) is 5.73 Å². The molecule has 0 spiro atoms. The molecule has 0 aliphatic carbocycles. The van der Waals surface area contributed by atoms with Crippen LogP contribution in [0.15, 0.2) is 12.3 Å². The van der Waals surface area contributed by atoms with Gasteiger partial charge in [0.05, 0.1) is 17.2 Å². The number of hydrogen-bond donors (Lipinski definition) is 2. The van der Waals surface area contributed by atoms with Gasteiger partial charge in [0.1, 0.15) is 6.10 Å². The van der Waals surface area contributed by atoms with Gasteiger partial charge in [-0.15, -0.1) is 0 Å². The molecule has 1 aromatic rings. The van der Waals surface area contributed by atoms with E-state index in [0.717, 1.165) is 6.42 Å². The van der Waals surface area contributed by atoms with Crippen LogP contribution >= 0.6 is 0 Å². The minimum Gasteiger partial charge on any atom is -0.386 e. The number of hydrogen-bond acceptors (Lipinski definition) is 5. The largest absolute Gasteiger partial charge is 0.386 e. The molecule has 0 aromatic carbocycles. The van der Waals surface area contributed by atoms with Gasteiger partial charge in [0.2, 0.25) is 0 Å². The van der Waals surface area contributed by atoms with E-state index in [0.29, 0.717) is 18.7 Å². The van der Waals surface area contributed by atoms with Gasteiger partial charge in [0, 0.05) is 24.7 Å². The number of rotatable bonds is 5. The number of nitrogens with zero attached hydrogens (tertiary/aromatic N) is 2. The molecule has 0 amide bonds. The summed E-state index contributed by atoms with van der Waals surface area (Å²) in [6.45, 7) is 2.88. The van der Waals surface area contributed by atoms with Crippen LogP contribution in [-0.2, 0) is 16.4 Å². The van der Waals surface area contributed by atoms with Crippen molar-refractivity contribution in [1.29, 1.82) is 0 Å². The zero-order valence-electron chi connectivity index (χ0n) is 11.1. The number of aryl methyl sites for hydroxylation is 1. The van der Waals surface area contributed by atoms with Crippen LogP contribution in [0, 0.1) is 5.41 Å². The molecule has 1 aliphatic rings. The van der Waals surface area contributed by atoms with E-state index in [1.165, 1.54) is 0 Å². The van der Waals surface area contributed by atoms with Gasteiger partial charge in [-0.2, -0.15) is 5.10 Å². The number of nitrogens with two attached hydrogens (primary N) is 1. The maximum Gasteiger partial charge on any atom is 0.151 e. The van der Waals surface area contributed by atoms with Crippen molar-refractivity contribution in [3.8, 4) is 0 Å². The summed E-state index contributed by atoms with van der Waals surface area (Å²) in [6, 6.07) is 1.74. The third kappa shape index (κ3) is 2.68. The standard InChI is InChI=1S/C12H21N3O3S/c1-2-6-15-10(3-5-14-15)11(16)12(8-13)4-7-19(17,18)9-12/h3,5,11,16H,2,4,6-9,13H2,1H3. The molecule has 108 valence electrons. The van der Waals surface area contributed by atoms with Crippen LogP contribution in [0.2, 0.25) is 0 Å². The number of aliphatic hydroxyl groups excluding tert-OH is 1. The highest BCUT2D eigenvalue weighted by Gasteiger charge is 2.47. The van der Waals surface area contributed by atoms with Crippen molar-refractivity contribution in [3.63, 3.8) is 0 Å². The van der Waals surface area contributed by atoms with Gasteiger partial charge < -0.3 is 10.8 Å². The molecule has 0 radical (unpaired) electrons. The van der Waals surface area contributed by atoms with E-state index >= 15 is 0 Å². The zero-order valence-corrected chi connectivity index (χ0v) is 11.9. The Morgan fingerprint density at radius 2 is 2.37 bits per heavy atom. The number of aromatic nitrogens is 2. The fourth-order valence-electron chi connectivity index (χ4n) is 2.72. The molecule has 19 heavy (non-hydrogen) atoms. The molecule has 2 atom stereocenters. The van der Waals surface area contributed by atoms with Crippen LogP contribution in [0.5, 0.6) is 0 Å². The lowest BCUT2D eigenvalue weighted by molar-refractivity contribution is 0.0396. The Labute approximate surface area is 113 Å². The quantitative estimate of drug-likeness (QED) is 0.800. The van der Waals surface area contributed by atoms with Crippen LogP contribution in [0.25, 0.3) is 0 Å². The van der Waals surface area contributed by atoms with Gasteiger partial charge >= 0.3 is 0 Å². The SMILES string of the molecule is CCCn1nccc1C(O)C1(CN)CCS(=O)(=O)C1. The van der Waals surface area contributed by atoms with Crippen molar-refractivity contribution in [2.75, 3.05) is 18.1 Å². The Bertz CT molecular complexity index is 540. The summed E-state index contributed by atoms with van der Waals surface area (Å²) in [5.41, 5.74) is 5.65. The first kappa shape index (κ1) is 14.5. The second-order valence-electron chi connectivity index (χ2n) is 5.29. The molecule has 3 N–H and O–H groups in total. The first-order valence-corrected chi connectivity index (χ1v) is 8.36. The highest BCUT2D eigenvalue weighted by atomic mass is 32.2. The summed E-state index contributed by atoms with van der Waals surface area (Å²) in [6.07, 6.45) is 2.05. The Kier molecular flexibility index (Phi) is 3.98. The monoisotopic (exact) mass is 287 g/mol. The van der Waals surface area contributed by atoms with E-state index in [1.807, 2.05) is 6.92 Å². The molecule has 1 aliphatic heterocycles. The molecule has 0 bridgehead atoms. The van der Waals surface area contributed by atoms with Crippen LogP contribution in [0.1, 0.15) is 31.6 Å². The average molecular weight is 287 g/mol. The highest BCUT2D eigenvalue weighted by molar-refractivity contribution is 7.91. The van der Waals surface area contributed by atoms with Crippen molar-refractivity contribution < 1.29 is 13.5 Å². The molecule has 7 heteroatoms. The summed E-state index contributed by atoms with van der Waals surface area (Å²) < 4.78 is 25.1. The average Bonchev–Trinajstić information content (AvgIpc) is 2.94. The van der Waals surface area contributed by atoms with Gasteiger partial charge in [0.15, 0.2) is 9.84 Å². The highest BCUT2D eigenvalue weighted by Crippen LogP contribution is 2.42. The maximum atomic E-state index is 11.7. The molecule has 2 heterocycles. The summed E-state index contributed by atoms with van der Waals surface area (Å²) in [5, 5.41) is 14.8. The van der Waals surface area contributed by atoms with Crippen LogP contribution in [0.4, 0.5) is 0 Å². The van der Waals surface area contributed by atoms with Crippen molar-refractivity contribution in [3.05, 3.63) is 18.0 Å². The third-order valence-electron chi connectivity index (χ3n) is 3.87. The second-order valence-corrected chi connectivity index (χ2v) is 7.47. The molecular formula is C12H21N3O3S. The third-order valence-corrected chi connectivity index (χ3v) is 5.71. The van der Waals surface area contributed by atoms with Gasteiger partial charge in [-0.3, -0.25) is 4.68 Å². The number of aliphatic hydroxyl groups is 1. The van der Waals surface area contributed by atoms with Crippen LogP contribution in [-0.4, -0.2) is 41.4 Å². The van der Waals surface area contributed by atoms with Gasteiger partial charge in [0.25, 0.3) is 0 Å². The minimum atomic E-state index is -3.10. The molecular weight excluding hydrogens is 266 g/mol. The lowest BCUT2D eigenvalue weighted by atomic mass is 9.80. The van der Waals surface area contributed by atoms with Crippen LogP contribution < -0.4 is 5.73 Å². The zero-order chi connectivity index (χ0) is 14.1. The molecule has 2 unspecified atom stereocenters. The summed E-state index contributed by atoms with van der Waals surface area (Å²) in [4.78, 5) is 0.